The van der Waals surface area contributed by atoms with Gasteiger partial charge in [0.15, 0.2) is 5.96 Å². The Balaban J connectivity index is 3.10. The molecule has 0 bridgehead atoms. The summed E-state index contributed by atoms with van der Waals surface area (Å²) in [5, 5.41) is 26.8. The molecule has 0 radical (unpaired) electrons. The Labute approximate surface area is 209 Å². The molecule has 0 aliphatic heterocycles. The largest absolute Gasteiger partial charge is 0.508 e. The van der Waals surface area contributed by atoms with Gasteiger partial charge in [-0.1, -0.05) is 32.4 Å². The molecule has 0 saturated carbocycles. The van der Waals surface area contributed by atoms with Crippen molar-refractivity contribution in [1.29, 1.82) is 0 Å². The number of carbonyl (C=O) groups is 4. The minimum atomic E-state index is -1.25. The molecule has 0 saturated heterocycles. The van der Waals surface area contributed by atoms with Crippen LogP contribution in [0.25, 0.3) is 0 Å². The molecule has 0 spiro atoms. The van der Waals surface area contributed by atoms with Crippen LogP contribution >= 0.6 is 0 Å². The number of hydrogen-bond acceptors (Lipinski definition) is 7. The van der Waals surface area contributed by atoms with E-state index in [4.69, 9.17) is 17.2 Å². The van der Waals surface area contributed by atoms with Crippen LogP contribution in [0.1, 0.15) is 38.7 Å². The second-order valence-electron chi connectivity index (χ2n) is 8.41. The Morgan fingerprint density at radius 3 is 2.14 bits per heavy atom. The van der Waals surface area contributed by atoms with Crippen molar-refractivity contribution < 1.29 is 29.4 Å². The highest BCUT2D eigenvalue weighted by atomic mass is 16.4. The molecule has 13 nitrogen and oxygen atoms in total. The molecule has 0 fully saturated rings. The number of carboxylic acids is 1. The highest BCUT2D eigenvalue weighted by Crippen LogP contribution is 2.13. The molecular weight excluding hydrogens is 470 g/mol. The number of guanidine groups is 1. The van der Waals surface area contributed by atoms with Gasteiger partial charge in [0.25, 0.3) is 0 Å². The van der Waals surface area contributed by atoms with Gasteiger partial charge in [0, 0.05) is 13.0 Å². The average Bonchev–Trinajstić information content (AvgIpc) is 2.83. The fourth-order valence-electron chi connectivity index (χ4n) is 3.31. The monoisotopic (exact) mass is 507 g/mol. The van der Waals surface area contributed by atoms with Crippen molar-refractivity contribution >= 4 is 29.7 Å². The van der Waals surface area contributed by atoms with Crippen molar-refractivity contribution in [2.45, 2.75) is 57.7 Å². The van der Waals surface area contributed by atoms with Gasteiger partial charge in [0.2, 0.25) is 17.7 Å². The molecular formula is C23H37N7O6. The number of aliphatic carboxylic acids is 1. The zero-order valence-electron chi connectivity index (χ0n) is 20.6. The molecule has 0 aromatic heterocycles. The van der Waals surface area contributed by atoms with Crippen molar-refractivity contribution in [3.8, 4) is 5.75 Å². The summed E-state index contributed by atoms with van der Waals surface area (Å²) in [5.41, 5.74) is 16.5. The predicted molar refractivity (Wildman–Crippen MR) is 134 cm³/mol. The van der Waals surface area contributed by atoms with E-state index in [2.05, 4.69) is 20.9 Å². The molecule has 4 unspecified atom stereocenters. The summed E-state index contributed by atoms with van der Waals surface area (Å²) in [6.07, 6.45) is 0.927. The summed E-state index contributed by atoms with van der Waals surface area (Å²) >= 11 is 0. The number of nitrogens with two attached hydrogens (primary N) is 3. The lowest BCUT2D eigenvalue weighted by molar-refractivity contribution is -0.142. The van der Waals surface area contributed by atoms with Gasteiger partial charge in [-0.05, 0) is 36.5 Å². The van der Waals surface area contributed by atoms with Gasteiger partial charge in [-0.2, -0.15) is 0 Å². The van der Waals surface area contributed by atoms with E-state index in [1.54, 1.807) is 19.1 Å². The zero-order valence-corrected chi connectivity index (χ0v) is 20.6. The molecule has 36 heavy (non-hydrogen) atoms. The van der Waals surface area contributed by atoms with Gasteiger partial charge >= 0.3 is 5.97 Å². The van der Waals surface area contributed by atoms with Gasteiger partial charge in [0.1, 0.15) is 23.9 Å². The molecule has 11 N–H and O–H groups in total. The SMILES string of the molecule is CCC(C)C(NC(=O)CN)C(=O)NC(Cc1ccc(O)cc1)C(=O)NC(CCCN=C(N)N)C(=O)O. The Morgan fingerprint density at radius 1 is 1.00 bits per heavy atom. The topological polar surface area (TPSA) is 235 Å². The number of phenolic OH excluding ortho intramolecular Hbond substituents is 1. The third-order valence-electron chi connectivity index (χ3n) is 5.57. The molecule has 200 valence electrons. The number of hydrogen-bond donors (Lipinski definition) is 8. The van der Waals surface area contributed by atoms with Crippen molar-refractivity contribution in [2.75, 3.05) is 13.1 Å². The van der Waals surface area contributed by atoms with Gasteiger partial charge < -0.3 is 43.4 Å². The molecule has 1 rings (SSSR count). The lowest BCUT2D eigenvalue weighted by Gasteiger charge is -2.27. The maximum absolute atomic E-state index is 13.1. The van der Waals surface area contributed by atoms with Crippen LogP contribution in [0.5, 0.6) is 5.75 Å². The summed E-state index contributed by atoms with van der Waals surface area (Å²) in [6.45, 7) is 3.50. The smallest absolute Gasteiger partial charge is 0.326 e. The van der Waals surface area contributed by atoms with Crippen molar-refractivity contribution in [1.82, 2.24) is 16.0 Å². The number of phenols is 1. The first-order valence-corrected chi connectivity index (χ1v) is 11.6. The maximum atomic E-state index is 13.1. The number of carbonyl (C=O) groups excluding carboxylic acids is 3. The summed E-state index contributed by atoms with van der Waals surface area (Å²) in [4.78, 5) is 53.6. The second kappa shape index (κ2) is 15.2. The van der Waals surface area contributed by atoms with E-state index >= 15 is 0 Å². The van der Waals surface area contributed by atoms with Crippen molar-refractivity contribution in [3.05, 3.63) is 29.8 Å². The zero-order chi connectivity index (χ0) is 27.3. The predicted octanol–water partition coefficient (Wildman–Crippen LogP) is -1.47. The third-order valence-corrected chi connectivity index (χ3v) is 5.57. The van der Waals surface area contributed by atoms with Crippen LogP contribution in [0.2, 0.25) is 0 Å². The van der Waals surface area contributed by atoms with Crippen molar-refractivity contribution in [2.24, 2.45) is 28.1 Å². The standard InChI is InChI=1S/C23H37N7O6/c1-3-13(2)19(30-18(32)12-24)21(34)29-17(11-14-6-8-15(31)9-7-14)20(33)28-16(22(35)36)5-4-10-27-23(25)26/h6-9,13,16-17,19,31H,3-5,10-12,24H2,1-2H3,(H,28,33)(H,29,34)(H,30,32)(H,35,36)(H4,25,26,27). The van der Waals surface area contributed by atoms with E-state index in [9.17, 15) is 29.4 Å². The Hall–Kier alpha value is -3.87. The van der Waals surface area contributed by atoms with Gasteiger partial charge in [-0.25, -0.2) is 4.79 Å². The van der Waals surface area contributed by atoms with E-state index in [-0.39, 0.29) is 43.6 Å². The fourth-order valence-corrected chi connectivity index (χ4v) is 3.31. The van der Waals surface area contributed by atoms with E-state index in [1.165, 1.54) is 12.1 Å². The minimum Gasteiger partial charge on any atom is -0.508 e. The Bertz CT molecular complexity index is 918. The Kier molecular flexibility index (Phi) is 12.7. The number of aromatic hydroxyl groups is 1. The number of carboxylic acid groups (broad SMARTS) is 1. The number of nitrogens with zero attached hydrogens (tertiary/aromatic N) is 1. The van der Waals surface area contributed by atoms with Crippen LogP contribution < -0.4 is 33.2 Å². The van der Waals surface area contributed by atoms with Crippen LogP contribution in [0, 0.1) is 5.92 Å². The summed E-state index contributed by atoms with van der Waals surface area (Å²) in [5.74, 6) is -3.47. The number of rotatable bonds is 15. The highest BCUT2D eigenvalue weighted by molar-refractivity contribution is 5.93. The summed E-state index contributed by atoms with van der Waals surface area (Å²) in [7, 11) is 0. The highest BCUT2D eigenvalue weighted by Gasteiger charge is 2.31. The van der Waals surface area contributed by atoms with E-state index in [0.717, 1.165) is 0 Å². The molecule has 0 aliphatic rings. The molecule has 13 heteroatoms. The number of nitrogens with one attached hydrogen (secondary N) is 3. The Morgan fingerprint density at radius 2 is 1.61 bits per heavy atom. The lowest BCUT2D eigenvalue weighted by atomic mass is 9.97. The fraction of sp³-hybridized carbons (Fsp3) is 0.522. The molecule has 1 aromatic carbocycles. The van der Waals surface area contributed by atoms with Crippen LogP contribution in [0.15, 0.2) is 29.3 Å². The third kappa shape index (κ3) is 10.6. The molecule has 1 aromatic rings. The first-order valence-electron chi connectivity index (χ1n) is 11.6. The van der Waals surface area contributed by atoms with Gasteiger partial charge in [-0.3, -0.25) is 19.4 Å². The number of aliphatic imine (C=N–C) groups is 1. The van der Waals surface area contributed by atoms with Crippen LogP contribution in [-0.2, 0) is 25.6 Å². The molecule has 3 amide bonds. The normalized spacial score (nSPS) is 14.0. The van der Waals surface area contributed by atoms with E-state index in [1.807, 2.05) is 6.92 Å². The quantitative estimate of drug-likeness (QED) is 0.0784. The van der Waals surface area contributed by atoms with Gasteiger partial charge in [0.05, 0.1) is 6.54 Å². The summed E-state index contributed by atoms with van der Waals surface area (Å²) in [6, 6.07) is 2.66. The lowest BCUT2D eigenvalue weighted by Crippen LogP contribution is -2.58. The number of benzene rings is 1. The van der Waals surface area contributed by atoms with Crippen LogP contribution in [0.4, 0.5) is 0 Å². The van der Waals surface area contributed by atoms with E-state index in [0.29, 0.717) is 18.4 Å². The first-order chi connectivity index (χ1) is 17.0. The maximum Gasteiger partial charge on any atom is 0.326 e. The minimum absolute atomic E-state index is 0.0102. The molecule has 0 aliphatic carbocycles. The van der Waals surface area contributed by atoms with E-state index < -0.39 is 41.8 Å². The molecule has 4 atom stereocenters. The van der Waals surface area contributed by atoms with Gasteiger partial charge in [-0.15, -0.1) is 0 Å². The van der Waals surface area contributed by atoms with Crippen LogP contribution in [-0.4, -0.2) is 71.1 Å². The average molecular weight is 508 g/mol. The number of amides is 3. The second-order valence-corrected chi connectivity index (χ2v) is 8.41. The first kappa shape index (κ1) is 30.2. The van der Waals surface area contributed by atoms with Crippen molar-refractivity contribution in [3.63, 3.8) is 0 Å². The summed E-state index contributed by atoms with van der Waals surface area (Å²) < 4.78 is 0. The van der Waals surface area contributed by atoms with Crippen LogP contribution in [0.3, 0.4) is 0 Å². The molecule has 0 heterocycles.